The van der Waals surface area contributed by atoms with Gasteiger partial charge in [-0.25, -0.2) is 9.97 Å². The first kappa shape index (κ1) is 17.9. The number of nitrogens with one attached hydrogen (secondary N) is 2. The number of aromatic nitrogens is 2. The van der Waals surface area contributed by atoms with E-state index in [9.17, 15) is 4.79 Å². The maximum absolute atomic E-state index is 12.4. The first-order chi connectivity index (χ1) is 11.6. The van der Waals surface area contributed by atoms with Gasteiger partial charge in [0.25, 0.3) is 5.91 Å². The number of anilines is 1. The zero-order chi connectivity index (χ0) is 17.4. The van der Waals surface area contributed by atoms with Crippen LogP contribution in [0.5, 0.6) is 0 Å². The van der Waals surface area contributed by atoms with Gasteiger partial charge in [-0.2, -0.15) is 0 Å². The van der Waals surface area contributed by atoms with Crippen molar-refractivity contribution in [3.63, 3.8) is 0 Å². The van der Waals surface area contributed by atoms with E-state index < -0.39 is 0 Å². The average Bonchev–Trinajstić information content (AvgIpc) is 2.58. The minimum atomic E-state index is -0.155. The number of carbonyl (C=O) groups is 1. The summed E-state index contributed by atoms with van der Waals surface area (Å²) in [6, 6.07) is 11.6. The molecule has 0 bridgehead atoms. The molecule has 0 unspecified atom stereocenters. The van der Waals surface area contributed by atoms with Gasteiger partial charge in [-0.05, 0) is 20.3 Å². The van der Waals surface area contributed by atoms with Crippen LogP contribution in [0.15, 0.2) is 36.4 Å². The molecule has 1 heterocycles. The summed E-state index contributed by atoms with van der Waals surface area (Å²) < 4.78 is 0. The van der Waals surface area contributed by atoms with E-state index in [-0.39, 0.29) is 11.9 Å². The minimum absolute atomic E-state index is 0.155. The lowest BCUT2D eigenvalue weighted by atomic mass is 10.2. The number of carbonyl (C=O) groups excluding carboxylic acids is 1. The Balaban J connectivity index is 2.24. The highest BCUT2D eigenvalue weighted by atomic mass is 16.1. The van der Waals surface area contributed by atoms with Crippen LogP contribution in [0.2, 0.25) is 0 Å². The normalized spacial score (nSPS) is 10.7. The molecule has 128 valence electrons. The molecule has 0 aliphatic carbocycles. The Kier molecular flexibility index (Phi) is 6.73. The molecular weight excluding hydrogens is 300 g/mol. The number of amides is 1. The van der Waals surface area contributed by atoms with Crippen molar-refractivity contribution in [3.8, 4) is 11.4 Å². The van der Waals surface area contributed by atoms with Crippen LogP contribution in [-0.2, 0) is 0 Å². The highest BCUT2D eigenvalue weighted by molar-refractivity contribution is 5.93. The fourth-order valence-electron chi connectivity index (χ4n) is 2.32. The Labute approximate surface area is 143 Å². The molecular formula is C19H26N4O. The van der Waals surface area contributed by atoms with Crippen LogP contribution >= 0.6 is 0 Å². The number of benzene rings is 1. The van der Waals surface area contributed by atoms with Crippen molar-refractivity contribution in [1.29, 1.82) is 0 Å². The Morgan fingerprint density at radius 2 is 1.88 bits per heavy atom. The van der Waals surface area contributed by atoms with Gasteiger partial charge in [0.1, 0.15) is 11.5 Å². The van der Waals surface area contributed by atoms with E-state index in [1.54, 1.807) is 6.07 Å². The Hall–Kier alpha value is -2.43. The topological polar surface area (TPSA) is 66.9 Å². The van der Waals surface area contributed by atoms with Gasteiger partial charge in [-0.15, -0.1) is 0 Å². The van der Waals surface area contributed by atoms with Crippen LogP contribution in [-0.4, -0.2) is 28.5 Å². The highest BCUT2D eigenvalue weighted by Gasteiger charge is 2.13. The largest absolute Gasteiger partial charge is 0.368 e. The summed E-state index contributed by atoms with van der Waals surface area (Å²) in [6.45, 7) is 6.89. The monoisotopic (exact) mass is 326 g/mol. The zero-order valence-corrected chi connectivity index (χ0v) is 14.7. The summed E-state index contributed by atoms with van der Waals surface area (Å²) >= 11 is 0. The van der Waals surface area contributed by atoms with E-state index in [4.69, 9.17) is 0 Å². The Bertz CT molecular complexity index is 656. The number of hydrogen-bond donors (Lipinski definition) is 2. The number of hydrogen-bond acceptors (Lipinski definition) is 4. The molecule has 0 saturated carbocycles. The SMILES string of the molecule is CCCCCNC(=O)c1cc(NC(C)C)nc(-c2ccccc2)n1. The molecule has 24 heavy (non-hydrogen) atoms. The van der Waals surface area contributed by atoms with Gasteiger partial charge < -0.3 is 10.6 Å². The molecule has 5 heteroatoms. The lowest BCUT2D eigenvalue weighted by Gasteiger charge is -2.12. The summed E-state index contributed by atoms with van der Waals surface area (Å²) in [5.41, 5.74) is 1.29. The van der Waals surface area contributed by atoms with Gasteiger partial charge in [0.05, 0.1) is 0 Å². The number of rotatable bonds is 8. The van der Waals surface area contributed by atoms with Gasteiger partial charge in [0.15, 0.2) is 5.82 Å². The fraction of sp³-hybridized carbons (Fsp3) is 0.421. The van der Waals surface area contributed by atoms with E-state index >= 15 is 0 Å². The van der Waals surface area contributed by atoms with Crippen LogP contribution < -0.4 is 10.6 Å². The smallest absolute Gasteiger partial charge is 0.270 e. The second-order valence-corrected chi connectivity index (χ2v) is 6.09. The van der Waals surface area contributed by atoms with Crippen LogP contribution in [0.3, 0.4) is 0 Å². The van der Waals surface area contributed by atoms with Gasteiger partial charge in [0.2, 0.25) is 0 Å². The standard InChI is InChI=1S/C19H26N4O/c1-4-5-9-12-20-19(24)16-13-17(21-14(2)3)23-18(22-16)15-10-7-6-8-11-15/h6-8,10-11,13-14H,4-5,9,12H2,1-3H3,(H,20,24)(H,21,22,23). The molecule has 1 amide bonds. The predicted octanol–water partition coefficient (Wildman–Crippen LogP) is 3.88. The third kappa shape index (κ3) is 5.33. The van der Waals surface area contributed by atoms with E-state index in [1.165, 1.54) is 0 Å². The van der Waals surface area contributed by atoms with Crippen LogP contribution in [0.4, 0.5) is 5.82 Å². The van der Waals surface area contributed by atoms with E-state index in [0.717, 1.165) is 24.8 Å². The minimum Gasteiger partial charge on any atom is -0.368 e. The highest BCUT2D eigenvalue weighted by Crippen LogP contribution is 2.18. The summed E-state index contributed by atoms with van der Waals surface area (Å²) in [7, 11) is 0. The first-order valence-corrected chi connectivity index (χ1v) is 8.59. The van der Waals surface area contributed by atoms with Crippen LogP contribution in [0.1, 0.15) is 50.5 Å². The molecule has 2 aromatic rings. The van der Waals surface area contributed by atoms with Crippen molar-refractivity contribution in [3.05, 3.63) is 42.1 Å². The molecule has 5 nitrogen and oxygen atoms in total. The van der Waals surface area contributed by atoms with Gasteiger partial charge >= 0.3 is 0 Å². The molecule has 1 aromatic heterocycles. The molecule has 0 aliphatic rings. The number of unbranched alkanes of at least 4 members (excludes halogenated alkanes) is 2. The third-order valence-corrected chi connectivity index (χ3v) is 3.49. The summed E-state index contributed by atoms with van der Waals surface area (Å²) in [4.78, 5) is 21.4. The Morgan fingerprint density at radius 3 is 2.54 bits per heavy atom. The summed E-state index contributed by atoms with van der Waals surface area (Å²) in [5, 5.41) is 6.19. The van der Waals surface area contributed by atoms with Crippen molar-refractivity contribution in [1.82, 2.24) is 15.3 Å². The molecule has 0 saturated heterocycles. The molecule has 1 aromatic carbocycles. The maximum atomic E-state index is 12.4. The first-order valence-electron chi connectivity index (χ1n) is 8.59. The predicted molar refractivity (Wildman–Crippen MR) is 98.1 cm³/mol. The summed E-state index contributed by atoms with van der Waals surface area (Å²) in [5.74, 6) is 1.06. The van der Waals surface area contributed by atoms with Gasteiger partial charge in [-0.1, -0.05) is 50.1 Å². The molecule has 0 spiro atoms. The molecule has 0 fully saturated rings. The molecule has 2 rings (SSSR count). The van der Waals surface area contributed by atoms with Crippen molar-refractivity contribution in [2.24, 2.45) is 0 Å². The lowest BCUT2D eigenvalue weighted by molar-refractivity contribution is 0.0948. The quantitative estimate of drug-likeness (QED) is 0.722. The van der Waals surface area contributed by atoms with E-state index in [2.05, 4.69) is 27.5 Å². The van der Waals surface area contributed by atoms with Crippen molar-refractivity contribution < 1.29 is 4.79 Å². The second-order valence-electron chi connectivity index (χ2n) is 6.09. The molecule has 0 atom stereocenters. The van der Waals surface area contributed by atoms with Crippen molar-refractivity contribution in [2.45, 2.75) is 46.1 Å². The van der Waals surface area contributed by atoms with Crippen LogP contribution in [0.25, 0.3) is 11.4 Å². The molecule has 0 aliphatic heterocycles. The maximum Gasteiger partial charge on any atom is 0.270 e. The Morgan fingerprint density at radius 1 is 1.12 bits per heavy atom. The molecule has 2 N–H and O–H groups in total. The van der Waals surface area contributed by atoms with Crippen LogP contribution in [0, 0.1) is 0 Å². The van der Waals surface area contributed by atoms with E-state index in [1.807, 2.05) is 44.2 Å². The van der Waals surface area contributed by atoms with Crippen molar-refractivity contribution in [2.75, 3.05) is 11.9 Å². The third-order valence-electron chi connectivity index (χ3n) is 3.49. The number of nitrogens with zero attached hydrogens (tertiary/aromatic N) is 2. The fourth-order valence-corrected chi connectivity index (χ4v) is 2.32. The summed E-state index contributed by atoms with van der Waals surface area (Å²) in [6.07, 6.45) is 3.22. The zero-order valence-electron chi connectivity index (χ0n) is 14.7. The lowest BCUT2D eigenvalue weighted by Crippen LogP contribution is -2.26. The second kappa shape index (κ2) is 9.01. The van der Waals surface area contributed by atoms with Crippen molar-refractivity contribution >= 4 is 11.7 Å². The van der Waals surface area contributed by atoms with Gasteiger partial charge in [0, 0.05) is 24.2 Å². The molecule has 0 radical (unpaired) electrons. The average molecular weight is 326 g/mol. The van der Waals surface area contributed by atoms with Gasteiger partial charge in [-0.3, -0.25) is 4.79 Å². The van der Waals surface area contributed by atoms with E-state index in [0.29, 0.717) is 23.9 Å².